The monoisotopic (exact) mass is 227 g/mol. The molecule has 0 saturated heterocycles. The van der Waals surface area contributed by atoms with E-state index in [-0.39, 0.29) is 12.1 Å². The van der Waals surface area contributed by atoms with E-state index in [9.17, 15) is 4.79 Å². The summed E-state index contributed by atoms with van der Waals surface area (Å²) in [7, 11) is 0. The van der Waals surface area contributed by atoms with Crippen LogP contribution in [0.5, 0.6) is 0 Å². The fraction of sp³-hybridized carbons (Fsp3) is 0.545. The lowest BCUT2D eigenvalue weighted by Crippen LogP contribution is -2.29. The average Bonchev–Trinajstić information content (AvgIpc) is 2.70. The maximum absolute atomic E-state index is 11.5. The molecule has 0 saturated carbocycles. The average molecular weight is 227 g/mol. The van der Waals surface area contributed by atoms with Crippen LogP contribution in [-0.4, -0.2) is 25.2 Å². The fourth-order valence-corrected chi connectivity index (χ4v) is 1.76. The molecule has 1 rings (SSSR count). The van der Waals surface area contributed by atoms with E-state index in [0.29, 0.717) is 11.4 Å². The van der Waals surface area contributed by atoms with Gasteiger partial charge in [-0.1, -0.05) is 13.0 Å². The molecular formula is C11H17NO2S. The Morgan fingerprint density at radius 3 is 3.07 bits per heavy atom. The molecule has 4 heteroatoms. The molecule has 1 aromatic rings. The number of nitrogens with one attached hydrogen (secondary N) is 1. The van der Waals surface area contributed by atoms with E-state index >= 15 is 0 Å². The van der Waals surface area contributed by atoms with Crippen molar-refractivity contribution in [1.82, 2.24) is 5.32 Å². The van der Waals surface area contributed by atoms with Crippen molar-refractivity contribution in [3.05, 3.63) is 22.4 Å². The minimum absolute atomic E-state index is 0.0776. The van der Waals surface area contributed by atoms with Crippen molar-refractivity contribution < 1.29 is 9.53 Å². The van der Waals surface area contributed by atoms with Crippen LogP contribution < -0.4 is 5.32 Å². The van der Waals surface area contributed by atoms with Gasteiger partial charge in [0.25, 0.3) is 0 Å². The molecule has 0 aliphatic rings. The number of thiophene rings is 1. The van der Waals surface area contributed by atoms with Gasteiger partial charge in [-0.05, 0) is 31.3 Å². The zero-order valence-electron chi connectivity index (χ0n) is 9.16. The molecule has 15 heavy (non-hydrogen) atoms. The van der Waals surface area contributed by atoms with Crippen LogP contribution in [0.25, 0.3) is 0 Å². The van der Waals surface area contributed by atoms with Crippen LogP contribution >= 0.6 is 11.3 Å². The van der Waals surface area contributed by atoms with Gasteiger partial charge >= 0.3 is 5.97 Å². The van der Waals surface area contributed by atoms with Gasteiger partial charge in [-0.15, -0.1) is 11.3 Å². The molecule has 0 aliphatic heterocycles. The number of hydrogen-bond donors (Lipinski definition) is 1. The second kappa shape index (κ2) is 6.58. The van der Waals surface area contributed by atoms with Gasteiger partial charge in [0.05, 0.1) is 0 Å². The van der Waals surface area contributed by atoms with Gasteiger partial charge in [0, 0.05) is 6.54 Å². The minimum atomic E-state index is -0.226. The topological polar surface area (TPSA) is 38.3 Å². The Morgan fingerprint density at radius 2 is 2.47 bits per heavy atom. The van der Waals surface area contributed by atoms with Crippen LogP contribution in [0.15, 0.2) is 17.5 Å². The first kappa shape index (κ1) is 12.2. The second-order valence-electron chi connectivity index (χ2n) is 3.40. The van der Waals surface area contributed by atoms with E-state index < -0.39 is 0 Å². The van der Waals surface area contributed by atoms with Gasteiger partial charge in [0.1, 0.15) is 11.0 Å². The van der Waals surface area contributed by atoms with E-state index in [1.807, 2.05) is 18.4 Å². The summed E-state index contributed by atoms with van der Waals surface area (Å²) in [5.41, 5.74) is 0. The number of esters is 1. The number of carbonyl (C=O) groups is 1. The number of carbonyl (C=O) groups excluding carboxylic acids is 1. The van der Waals surface area contributed by atoms with Crippen LogP contribution in [0, 0.1) is 0 Å². The van der Waals surface area contributed by atoms with Crippen LogP contribution in [0.4, 0.5) is 0 Å². The van der Waals surface area contributed by atoms with Crippen molar-refractivity contribution in [3.8, 4) is 0 Å². The highest BCUT2D eigenvalue weighted by Gasteiger charge is 2.11. The zero-order chi connectivity index (χ0) is 11.1. The molecule has 0 amide bonds. The van der Waals surface area contributed by atoms with Crippen LogP contribution in [0.3, 0.4) is 0 Å². The Labute approximate surface area is 94.5 Å². The number of hydrogen-bond acceptors (Lipinski definition) is 4. The molecule has 0 aromatic carbocycles. The molecule has 0 fully saturated rings. The molecule has 0 radical (unpaired) electrons. The Morgan fingerprint density at radius 1 is 1.67 bits per heavy atom. The first-order chi connectivity index (χ1) is 7.24. The van der Waals surface area contributed by atoms with Crippen LogP contribution in [0.2, 0.25) is 0 Å². The third-order valence-corrected chi connectivity index (χ3v) is 2.74. The predicted molar refractivity (Wildman–Crippen MR) is 62.4 cm³/mol. The first-order valence-corrected chi connectivity index (χ1v) is 6.07. The predicted octanol–water partition coefficient (Wildman–Crippen LogP) is 2.29. The lowest BCUT2D eigenvalue weighted by molar-refractivity contribution is 0.0349. The van der Waals surface area contributed by atoms with Gasteiger partial charge in [0.2, 0.25) is 0 Å². The Bertz CT molecular complexity index is 285. The van der Waals surface area contributed by atoms with Gasteiger partial charge in [0.15, 0.2) is 0 Å². The molecule has 1 aromatic heterocycles. The van der Waals surface area contributed by atoms with E-state index in [4.69, 9.17) is 4.74 Å². The maximum Gasteiger partial charge on any atom is 0.348 e. The van der Waals surface area contributed by atoms with Crippen LogP contribution in [0.1, 0.15) is 29.9 Å². The quantitative estimate of drug-likeness (QED) is 0.598. The molecule has 1 N–H and O–H groups in total. The molecule has 84 valence electrons. The number of rotatable bonds is 6. The second-order valence-corrected chi connectivity index (χ2v) is 4.35. The highest BCUT2D eigenvalue weighted by molar-refractivity contribution is 7.11. The Balaban J connectivity index is 2.26. The summed E-state index contributed by atoms with van der Waals surface area (Å²) in [6, 6.07) is 3.63. The maximum atomic E-state index is 11.5. The van der Waals surface area contributed by atoms with Crippen molar-refractivity contribution in [2.75, 3.05) is 13.1 Å². The zero-order valence-corrected chi connectivity index (χ0v) is 9.97. The normalized spacial score (nSPS) is 12.4. The van der Waals surface area contributed by atoms with Gasteiger partial charge in [-0.3, -0.25) is 0 Å². The summed E-state index contributed by atoms with van der Waals surface area (Å²) in [6.07, 6.45) is 1.01. The van der Waals surface area contributed by atoms with E-state index in [1.165, 1.54) is 11.3 Å². The molecule has 0 aliphatic carbocycles. The fourth-order valence-electron chi connectivity index (χ4n) is 1.16. The highest BCUT2D eigenvalue weighted by Crippen LogP contribution is 2.10. The lowest BCUT2D eigenvalue weighted by atomic mass is 10.3. The Hall–Kier alpha value is -0.870. The molecule has 0 bridgehead atoms. The van der Waals surface area contributed by atoms with Gasteiger partial charge in [-0.25, -0.2) is 4.79 Å². The standard InChI is InChI=1S/C11H17NO2S/c1-3-6-12-8-9(2)14-11(13)10-5-4-7-15-10/h4-5,7,9,12H,3,6,8H2,1-2H3. The van der Waals surface area contributed by atoms with Crippen molar-refractivity contribution >= 4 is 17.3 Å². The van der Waals surface area contributed by atoms with E-state index in [1.54, 1.807) is 6.07 Å². The highest BCUT2D eigenvalue weighted by atomic mass is 32.1. The summed E-state index contributed by atoms with van der Waals surface area (Å²) in [6.45, 7) is 5.68. The lowest BCUT2D eigenvalue weighted by Gasteiger charge is -2.12. The SMILES string of the molecule is CCCNCC(C)OC(=O)c1cccs1. The molecule has 1 heterocycles. The smallest absolute Gasteiger partial charge is 0.348 e. The van der Waals surface area contributed by atoms with Crippen LogP contribution in [-0.2, 0) is 4.74 Å². The summed E-state index contributed by atoms with van der Waals surface area (Å²) in [4.78, 5) is 12.2. The van der Waals surface area contributed by atoms with Crippen molar-refractivity contribution in [1.29, 1.82) is 0 Å². The number of ether oxygens (including phenoxy) is 1. The largest absolute Gasteiger partial charge is 0.457 e. The van der Waals surface area contributed by atoms with Crippen molar-refractivity contribution in [3.63, 3.8) is 0 Å². The molecule has 3 nitrogen and oxygen atoms in total. The molecular weight excluding hydrogens is 210 g/mol. The third kappa shape index (κ3) is 4.44. The van der Waals surface area contributed by atoms with Gasteiger partial charge < -0.3 is 10.1 Å². The first-order valence-electron chi connectivity index (χ1n) is 5.19. The molecule has 0 spiro atoms. The third-order valence-electron chi connectivity index (χ3n) is 1.89. The summed E-state index contributed by atoms with van der Waals surface area (Å²) < 4.78 is 5.25. The van der Waals surface area contributed by atoms with Crippen molar-refractivity contribution in [2.24, 2.45) is 0 Å². The Kier molecular flexibility index (Phi) is 5.36. The molecule has 1 unspecified atom stereocenters. The molecule has 1 atom stereocenters. The summed E-state index contributed by atoms with van der Waals surface area (Å²) >= 11 is 1.41. The summed E-state index contributed by atoms with van der Waals surface area (Å²) in [5, 5.41) is 5.08. The van der Waals surface area contributed by atoms with Crippen molar-refractivity contribution in [2.45, 2.75) is 26.4 Å². The van der Waals surface area contributed by atoms with Gasteiger partial charge in [-0.2, -0.15) is 0 Å². The summed E-state index contributed by atoms with van der Waals surface area (Å²) in [5.74, 6) is -0.226. The minimum Gasteiger partial charge on any atom is -0.457 e. The van der Waals surface area contributed by atoms with E-state index in [2.05, 4.69) is 12.2 Å². The van der Waals surface area contributed by atoms with E-state index in [0.717, 1.165) is 13.0 Å².